The van der Waals surface area contributed by atoms with Crippen molar-refractivity contribution in [2.75, 3.05) is 19.0 Å². The van der Waals surface area contributed by atoms with Gasteiger partial charge in [-0.2, -0.15) is 18.3 Å². The molecule has 0 saturated carbocycles. The average molecular weight is 502 g/mol. The van der Waals surface area contributed by atoms with E-state index in [1.165, 1.54) is 29.0 Å². The minimum atomic E-state index is -4.69. The molecule has 0 aliphatic carbocycles. The lowest BCUT2D eigenvalue weighted by Crippen LogP contribution is -2.42. The van der Waals surface area contributed by atoms with Crippen LogP contribution < -0.4 is 10.1 Å². The second-order valence-corrected chi connectivity index (χ2v) is 9.50. The van der Waals surface area contributed by atoms with Gasteiger partial charge < -0.3 is 15.0 Å². The van der Waals surface area contributed by atoms with Crippen LogP contribution in [0.15, 0.2) is 42.6 Å². The van der Waals surface area contributed by atoms with Crippen molar-refractivity contribution >= 4 is 17.5 Å². The zero-order valence-corrected chi connectivity index (χ0v) is 20.3. The second kappa shape index (κ2) is 9.29. The Morgan fingerprint density at radius 1 is 1.11 bits per heavy atom. The summed E-state index contributed by atoms with van der Waals surface area (Å²) >= 11 is 0. The number of anilines is 1. The molecule has 190 valence electrons. The third-order valence-corrected chi connectivity index (χ3v) is 5.81. The van der Waals surface area contributed by atoms with Crippen molar-refractivity contribution in [3.8, 4) is 11.6 Å². The molecular weight excluding hydrogens is 475 g/mol. The highest BCUT2D eigenvalue weighted by Crippen LogP contribution is 2.37. The van der Waals surface area contributed by atoms with E-state index in [-0.39, 0.29) is 36.5 Å². The molecule has 0 radical (unpaired) electrons. The number of rotatable bonds is 4. The molecule has 1 aromatic carbocycles. The first kappa shape index (κ1) is 25.2. The number of benzene rings is 1. The van der Waals surface area contributed by atoms with Crippen molar-refractivity contribution in [3.05, 3.63) is 65.1 Å². The molecule has 2 aromatic heterocycles. The molecule has 1 N–H and O–H groups in total. The molecule has 4 rings (SSSR count). The number of pyridine rings is 1. The number of carbonyl (C=O) groups is 2. The largest absolute Gasteiger partial charge is 0.481 e. The fourth-order valence-corrected chi connectivity index (χ4v) is 4.07. The molecule has 0 spiro atoms. The van der Waals surface area contributed by atoms with Crippen LogP contribution in [-0.2, 0) is 23.9 Å². The van der Waals surface area contributed by atoms with Crippen LogP contribution in [0.4, 0.5) is 18.9 Å². The Balaban J connectivity index is 1.66. The van der Waals surface area contributed by atoms with Gasteiger partial charge in [0.05, 0.1) is 30.4 Å². The van der Waals surface area contributed by atoms with Gasteiger partial charge in [-0.15, -0.1) is 0 Å². The van der Waals surface area contributed by atoms with E-state index in [1.807, 2.05) is 0 Å². The maximum Gasteiger partial charge on any atom is 0.435 e. The van der Waals surface area contributed by atoms with E-state index < -0.39 is 23.2 Å². The molecule has 0 unspecified atom stereocenters. The Labute approximate surface area is 206 Å². The molecule has 11 heteroatoms. The van der Waals surface area contributed by atoms with E-state index in [0.717, 1.165) is 0 Å². The van der Waals surface area contributed by atoms with E-state index in [4.69, 9.17) is 4.74 Å². The number of fused-ring (bicyclic) bond motifs is 1. The molecule has 0 saturated heterocycles. The SMILES string of the molecule is COc1ccc(NC(=O)c2cccc(-n3nc(C(F)(F)F)c4c3CCN(C(=O)C(C)(C)C)C4)c2)cn1. The Morgan fingerprint density at radius 3 is 2.47 bits per heavy atom. The normalized spacial score (nSPS) is 13.8. The highest BCUT2D eigenvalue weighted by Gasteiger charge is 2.42. The average Bonchev–Trinajstić information content (AvgIpc) is 3.23. The lowest BCUT2D eigenvalue weighted by Gasteiger charge is -2.33. The van der Waals surface area contributed by atoms with Gasteiger partial charge in [-0.3, -0.25) is 9.59 Å². The number of carbonyl (C=O) groups excluding carboxylic acids is 2. The van der Waals surface area contributed by atoms with Crippen molar-refractivity contribution in [1.29, 1.82) is 0 Å². The number of hydrogen-bond donors (Lipinski definition) is 1. The minimum Gasteiger partial charge on any atom is -0.481 e. The zero-order valence-electron chi connectivity index (χ0n) is 20.3. The number of methoxy groups -OCH3 is 1. The van der Waals surface area contributed by atoms with Crippen LogP contribution >= 0.6 is 0 Å². The summed E-state index contributed by atoms with van der Waals surface area (Å²) in [4.78, 5) is 31.0. The second-order valence-electron chi connectivity index (χ2n) is 9.50. The van der Waals surface area contributed by atoms with Gasteiger partial charge in [0, 0.05) is 42.1 Å². The summed E-state index contributed by atoms with van der Waals surface area (Å²) in [7, 11) is 1.48. The van der Waals surface area contributed by atoms with E-state index in [0.29, 0.717) is 22.9 Å². The van der Waals surface area contributed by atoms with Crippen LogP contribution in [0.3, 0.4) is 0 Å². The fraction of sp³-hybridized carbons (Fsp3) is 0.360. The first-order chi connectivity index (χ1) is 16.9. The van der Waals surface area contributed by atoms with Crippen molar-refractivity contribution in [2.45, 2.75) is 39.9 Å². The summed E-state index contributed by atoms with van der Waals surface area (Å²) in [5.41, 5.74) is -0.400. The molecule has 2 amide bonds. The van der Waals surface area contributed by atoms with Crippen LogP contribution in [0, 0.1) is 5.41 Å². The molecule has 0 bridgehead atoms. The molecule has 0 atom stereocenters. The van der Waals surface area contributed by atoms with Gasteiger partial charge in [-0.25, -0.2) is 9.67 Å². The van der Waals surface area contributed by atoms with Crippen LogP contribution in [0.1, 0.15) is 48.1 Å². The maximum absolute atomic E-state index is 13.9. The van der Waals surface area contributed by atoms with Gasteiger partial charge in [-0.1, -0.05) is 26.8 Å². The van der Waals surface area contributed by atoms with Gasteiger partial charge >= 0.3 is 6.18 Å². The predicted molar refractivity (Wildman–Crippen MR) is 126 cm³/mol. The number of ether oxygens (including phenoxy) is 1. The van der Waals surface area contributed by atoms with Gasteiger partial charge in [0.25, 0.3) is 5.91 Å². The van der Waals surface area contributed by atoms with Crippen molar-refractivity contribution in [1.82, 2.24) is 19.7 Å². The predicted octanol–water partition coefficient (Wildman–Crippen LogP) is 4.48. The lowest BCUT2D eigenvalue weighted by molar-refractivity contribution is -0.145. The van der Waals surface area contributed by atoms with E-state index in [1.54, 1.807) is 51.1 Å². The number of amides is 2. The molecule has 1 aliphatic rings. The quantitative estimate of drug-likeness (QED) is 0.570. The molecule has 8 nitrogen and oxygen atoms in total. The van der Waals surface area contributed by atoms with Crippen molar-refractivity contribution < 1.29 is 27.5 Å². The number of hydrogen-bond acceptors (Lipinski definition) is 5. The molecule has 3 heterocycles. The van der Waals surface area contributed by atoms with E-state index >= 15 is 0 Å². The number of alkyl halides is 3. The summed E-state index contributed by atoms with van der Waals surface area (Å²) in [6.07, 6.45) is -3.06. The van der Waals surface area contributed by atoms with Crippen molar-refractivity contribution in [3.63, 3.8) is 0 Å². The van der Waals surface area contributed by atoms with Crippen LogP contribution in [0.5, 0.6) is 5.88 Å². The summed E-state index contributed by atoms with van der Waals surface area (Å²) in [6, 6.07) is 9.42. The minimum absolute atomic E-state index is 0.0227. The van der Waals surface area contributed by atoms with Crippen LogP contribution in [-0.4, -0.2) is 45.1 Å². The fourth-order valence-electron chi connectivity index (χ4n) is 4.07. The third kappa shape index (κ3) is 5.05. The van der Waals surface area contributed by atoms with Crippen LogP contribution in [0.2, 0.25) is 0 Å². The highest BCUT2D eigenvalue weighted by molar-refractivity contribution is 6.04. The monoisotopic (exact) mass is 501 g/mol. The highest BCUT2D eigenvalue weighted by atomic mass is 19.4. The summed E-state index contributed by atoms with van der Waals surface area (Å²) in [6.45, 7) is 5.30. The maximum atomic E-state index is 13.9. The Kier molecular flexibility index (Phi) is 6.50. The topological polar surface area (TPSA) is 89.4 Å². The van der Waals surface area contributed by atoms with Crippen LogP contribution in [0.25, 0.3) is 5.69 Å². The van der Waals surface area contributed by atoms with Gasteiger partial charge in [0.2, 0.25) is 11.8 Å². The molecule has 36 heavy (non-hydrogen) atoms. The van der Waals surface area contributed by atoms with E-state index in [2.05, 4.69) is 15.4 Å². The lowest BCUT2D eigenvalue weighted by atomic mass is 9.93. The molecule has 0 fully saturated rings. The molecular formula is C25H26F3N5O3. The summed E-state index contributed by atoms with van der Waals surface area (Å²) < 4.78 is 48.0. The number of aromatic nitrogens is 3. The molecule has 1 aliphatic heterocycles. The summed E-state index contributed by atoms with van der Waals surface area (Å²) in [5, 5.41) is 6.59. The van der Waals surface area contributed by atoms with E-state index in [9.17, 15) is 22.8 Å². The Morgan fingerprint density at radius 2 is 1.86 bits per heavy atom. The van der Waals surface area contributed by atoms with Gasteiger partial charge in [0.1, 0.15) is 0 Å². The Hall–Kier alpha value is -3.89. The van der Waals surface area contributed by atoms with Crippen molar-refractivity contribution in [2.24, 2.45) is 5.41 Å². The smallest absolute Gasteiger partial charge is 0.435 e. The first-order valence-corrected chi connectivity index (χ1v) is 11.3. The Bertz CT molecular complexity index is 1290. The standard InChI is InChI=1S/C25H26F3N5O3/c1-24(2,3)23(35)32-11-10-19-18(14-32)21(25(26,27)28)31-33(19)17-7-5-6-15(12-17)22(34)30-16-8-9-20(36-4)29-13-16/h5-9,12-13H,10-11,14H2,1-4H3,(H,30,34). The van der Waals surface area contributed by atoms with Gasteiger partial charge in [-0.05, 0) is 24.3 Å². The number of nitrogens with zero attached hydrogens (tertiary/aromatic N) is 4. The number of nitrogens with one attached hydrogen (secondary N) is 1. The molecule has 3 aromatic rings. The zero-order chi connectivity index (χ0) is 26.3. The third-order valence-electron chi connectivity index (χ3n) is 5.81. The first-order valence-electron chi connectivity index (χ1n) is 11.3. The summed E-state index contributed by atoms with van der Waals surface area (Å²) in [5.74, 6) is -0.287. The number of halogens is 3. The van der Waals surface area contributed by atoms with Gasteiger partial charge in [0.15, 0.2) is 5.69 Å².